The van der Waals surface area contributed by atoms with E-state index in [9.17, 15) is 10.2 Å². The standard InChI is InChI=1S/C24H26N6O4/c25-22-16-7-8-30(23(16)28-12-27-22)24-21(32)20(31)18(34-24)11-33-15-5-3-14-4-6-19(29-17(14)9-15)26-10-13-1-2-13/h3-9,12-13,18,20-21,24,31-32H,1-2,10-11H2,(H,26,29)(H2,25,27,28)/t18-,20-,21-,24-/m1/s1. The second-order valence-corrected chi connectivity index (χ2v) is 8.95. The zero-order valence-electron chi connectivity index (χ0n) is 18.4. The number of aromatic nitrogens is 4. The topological polar surface area (TPSA) is 141 Å². The van der Waals surface area contributed by atoms with E-state index in [4.69, 9.17) is 15.2 Å². The highest BCUT2D eigenvalue weighted by Crippen LogP contribution is 2.33. The highest BCUT2D eigenvalue weighted by molar-refractivity contribution is 5.86. The zero-order valence-corrected chi connectivity index (χ0v) is 18.4. The quantitative estimate of drug-likeness (QED) is 0.325. The summed E-state index contributed by atoms with van der Waals surface area (Å²) in [6, 6.07) is 11.4. The number of anilines is 2. The van der Waals surface area contributed by atoms with Crippen molar-refractivity contribution in [1.29, 1.82) is 0 Å². The molecule has 0 radical (unpaired) electrons. The molecule has 34 heavy (non-hydrogen) atoms. The normalized spacial score (nSPS) is 24.6. The Morgan fingerprint density at radius 2 is 1.97 bits per heavy atom. The second-order valence-electron chi connectivity index (χ2n) is 8.95. The van der Waals surface area contributed by atoms with E-state index in [0.717, 1.165) is 29.2 Å². The Morgan fingerprint density at radius 1 is 1.12 bits per heavy atom. The summed E-state index contributed by atoms with van der Waals surface area (Å²) in [6.45, 7) is 1.01. The summed E-state index contributed by atoms with van der Waals surface area (Å²) < 4.78 is 13.6. The van der Waals surface area contributed by atoms with Gasteiger partial charge in [-0.15, -0.1) is 0 Å². The number of nitrogens with zero attached hydrogens (tertiary/aromatic N) is 4. The Balaban J connectivity index is 1.15. The van der Waals surface area contributed by atoms with E-state index in [2.05, 4.69) is 20.3 Å². The van der Waals surface area contributed by atoms with Crippen molar-refractivity contribution in [1.82, 2.24) is 19.5 Å². The maximum absolute atomic E-state index is 10.6. The van der Waals surface area contributed by atoms with Gasteiger partial charge in [-0.3, -0.25) is 0 Å². The Bertz CT molecular complexity index is 1340. The van der Waals surface area contributed by atoms with Crippen LogP contribution in [0.5, 0.6) is 5.75 Å². The van der Waals surface area contributed by atoms with Gasteiger partial charge in [-0.2, -0.15) is 0 Å². The maximum Gasteiger partial charge on any atom is 0.164 e. The van der Waals surface area contributed by atoms with Gasteiger partial charge in [-0.1, -0.05) is 0 Å². The van der Waals surface area contributed by atoms with E-state index in [-0.39, 0.29) is 6.61 Å². The lowest BCUT2D eigenvalue weighted by Gasteiger charge is -2.17. The minimum absolute atomic E-state index is 0.0657. The number of nitrogens with one attached hydrogen (secondary N) is 1. The van der Waals surface area contributed by atoms with Crippen LogP contribution < -0.4 is 15.8 Å². The number of ether oxygens (including phenoxy) is 2. The van der Waals surface area contributed by atoms with Gasteiger partial charge in [0.25, 0.3) is 0 Å². The molecule has 2 fully saturated rings. The van der Waals surface area contributed by atoms with Crippen LogP contribution in [0.15, 0.2) is 48.9 Å². The molecule has 5 N–H and O–H groups in total. The first-order chi connectivity index (χ1) is 16.6. The van der Waals surface area contributed by atoms with Crippen LogP contribution >= 0.6 is 0 Å². The molecule has 176 valence electrons. The summed E-state index contributed by atoms with van der Waals surface area (Å²) in [7, 11) is 0. The third kappa shape index (κ3) is 3.89. The lowest BCUT2D eigenvalue weighted by Crippen LogP contribution is -2.34. The van der Waals surface area contributed by atoms with Crippen LogP contribution in [0.25, 0.3) is 21.9 Å². The first-order valence-electron chi connectivity index (χ1n) is 11.4. The molecule has 0 unspecified atom stereocenters. The fourth-order valence-electron chi connectivity index (χ4n) is 4.33. The van der Waals surface area contributed by atoms with Crippen molar-refractivity contribution in [3.05, 3.63) is 48.9 Å². The lowest BCUT2D eigenvalue weighted by molar-refractivity contribution is -0.0471. The molecular formula is C24H26N6O4. The molecule has 2 aliphatic rings. The summed E-state index contributed by atoms with van der Waals surface area (Å²) in [5.41, 5.74) is 7.25. The van der Waals surface area contributed by atoms with Crippen molar-refractivity contribution in [2.45, 2.75) is 37.4 Å². The lowest BCUT2D eigenvalue weighted by atomic mass is 10.1. The first kappa shape index (κ1) is 21.1. The molecule has 1 saturated carbocycles. The predicted octanol–water partition coefficient (Wildman–Crippen LogP) is 2.08. The van der Waals surface area contributed by atoms with Gasteiger partial charge in [0.2, 0.25) is 0 Å². The van der Waals surface area contributed by atoms with Gasteiger partial charge in [0, 0.05) is 24.2 Å². The van der Waals surface area contributed by atoms with Crippen LogP contribution in [0.3, 0.4) is 0 Å². The van der Waals surface area contributed by atoms with E-state index in [1.165, 1.54) is 19.2 Å². The van der Waals surface area contributed by atoms with Crippen LogP contribution in [0, 0.1) is 5.92 Å². The first-order valence-corrected chi connectivity index (χ1v) is 11.4. The van der Waals surface area contributed by atoms with Crippen molar-refractivity contribution in [2.75, 3.05) is 24.2 Å². The Labute approximate surface area is 195 Å². The molecule has 4 aromatic rings. The molecule has 1 aliphatic heterocycles. The van der Waals surface area contributed by atoms with Crippen molar-refractivity contribution >= 4 is 33.6 Å². The Hall–Kier alpha value is -3.47. The van der Waals surface area contributed by atoms with Crippen molar-refractivity contribution < 1.29 is 19.7 Å². The molecule has 3 aromatic heterocycles. The minimum Gasteiger partial charge on any atom is -0.491 e. The molecule has 0 amide bonds. The van der Waals surface area contributed by atoms with Crippen molar-refractivity contribution in [3.63, 3.8) is 0 Å². The molecule has 1 aromatic carbocycles. The van der Waals surface area contributed by atoms with Crippen LogP contribution in [0.1, 0.15) is 19.1 Å². The average Bonchev–Trinajstić information content (AvgIpc) is 3.52. The predicted molar refractivity (Wildman–Crippen MR) is 126 cm³/mol. The molecule has 4 heterocycles. The number of rotatable bonds is 7. The summed E-state index contributed by atoms with van der Waals surface area (Å²) in [4.78, 5) is 12.9. The van der Waals surface area contributed by atoms with Gasteiger partial charge < -0.3 is 35.3 Å². The summed E-state index contributed by atoms with van der Waals surface area (Å²) in [5, 5.41) is 26.3. The Kier molecular flexibility index (Phi) is 5.20. The molecule has 0 spiro atoms. The van der Waals surface area contributed by atoms with Gasteiger partial charge in [0.15, 0.2) is 6.23 Å². The third-order valence-electron chi connectivity index (χ3n) is 6.50. The fourth-order valence-corrected chi connectivity index (χ4v) is 4.33. The molecule has 10 nitrogen and oxygen atoms in total. The number of fused-ring (bicyclic) bond motifs is 2. The molecule has 1 saturated heterocycles. The minimum atomic E-state index is -1.15. The van der Waals surface area contributed by atoms with E-state index in [1.807, 2.05) is 30.3 Å². The smallest absolute Gasteiger partial charge is 0.164 e. The molecule has 10 heteroatoms. The van der Waals surface area contributed by atoms with Gasteiger partial charge in [-0.05, 0) is 49.1 Å². The summed E-state index contributed by atoms with van der Waals surface area (Å²) >= 11 is 0. The van der Waals surface area contributed by atoms with E-state index < -0.39 is 24.5 Å². The molecule has 0 bridgehead atoms. The van der Waals surface area contributed by atoms with Crippen LogP contribution in [-0.4, -0.2) is 61.2 Å². The molecular weight excluding hydrogens is 436 g/mol. The van der Waals surface area contributed by atoms with Crippen LogP contribution in [0.4, 0.5) is 11.6 Å². The largest absolute Gasteiger partial charge is 0.491 e. The summed E-state index contributed by atoms with van der Waals surface area (Å²) in [6.07, 6.45) is 1.80. The summed E-state index contributed by atoms with van der Waals surface area (Å²) in [5.74, 6) is 2.56. The number of benzene rings is 1. The second kappa shape index (κ2) is 8.39. The van der Waals surface area contributed by atoms with Gasteiger partial charge >= 0.3 is 0 Å². The highest BCUT2D eigenvalue weighted by Gasteiger charge is 2.44. The fraction of sp³-hybridized carbons (Fsp3) is 0.375. The number of pyridine rings is 1. The SMILES string of the molecule is Nc1ncnc2c1ccn2[C@@H]1O[C@H](COc2ccc3ccc(NCC4CC4)nc3c2)[C@@H](O)[C@H]1O. The molecule has 1 aliphatic carbocycles. The van der Waals surface area contributed by atoms with Crippen molar-refractivity contribution in [3.8, 4) is 5.75 Å². The average molecular weight is 463 g/mol. The number of hydrogen-bond acceptors (Lipinski definition) is 9. The van der Waals surface area contributed by atoms with E-state index in [1.54, 1.807) is 16.8 Å². The number of nitrogens with two attached hydrogens (primary N) is 1. The highest BCUT2D eigenvalue weighted by atomic mass is 16.6. The monoisotopic (exact) mass is 462 g/mol. The van der Waals surface area contributed by atoms with Gasteiger partial charge in [0.05, 0.1) is 10.9 Å². The third-order valence-corrected chi connectivity index (χ3v) is 6.50. The number of hydrogen-bond donors (Lipinski definition) is 4. The van der Waals surface area contributed by atoms with Gasteiger partial charge in [0.1, 0.15) is 54.3 Å². The maximum atomic E-state index is 10.6. The Morgan fingerprint density at radius 3 is 2.82 bits per heavy atom. The van der Waals surface area contributed by atoms with Crippen LogP contribution in [0.2, 0.25) is 0 Å². The number of aliphatic hydroxyl groups excluding tert-OH is 2. The van der Waals surface area contributed by atoms with Crippen molar-refractivity contribution in [2.24, 2.45) is 5.92 Å². The molecule has 6 rings (SSSR count). The number of aliphatic hydroxyl groups is 2. The molecule has 4 atom stereocenters. The van der Waals surface area contributed by atoms with E-state index >= 15 is 0 Å². The van der Waals surface area contributed by atoms with E-state index in [0.29, 0.717) is 22.6 Å². The van der Waals surface area contributed by atoms with Crippen LogP contribution in [-0.2, 0) is 4.74 Å². The number of nitrogen functional groups attached to an aromatic ring is 1. The zero-order chi connectivity index (χ0) is 23.2. The van der Waals surface area contributed by atoms with Gasteiger partial charge in [-0.25, -0.2) is 15.0 Å².